The lowest BCUT2D eigenvalue weighted by Gasteiger charge is -2.41. The monoisotopic (exact) mass is 671 g/mol. The highest BCUT2D eigenvalue weighted by Crippen LogP contribution is 2.54. The Morgan fingerprint density at radius 3 is 2.40 bits per heavy atom. The number of carbonyl (C=O) groups is 2. The second-order valence-electron chi connectivity index (χ2n) is 10.6. The number of aliphatic hydroxyl groups excluding tert-OH is 1. The lowest BCUT2D eigenvalue weighted by Crippen LogP contribution is -2.59. The van der Waals surface area contributed by atoms with E-state index in [0.29, 0.717) is 6.07 Å². The maximum atomic E-state index is 15.9. The number of sulfonamides is 1. The number of nitrogens with zero attached hydrogens (tertiary/aromatic N) is 3. The molecule has 3 atom stereocenters. The van der Waals surface area contributed by atoms with Crippen molar-refractivity contribution in [1.29, 1.82) is 0 Å². The van der Waals surface area contributed by atoms with E-state index in [9.17, 15) is 36.3 Å². The van der Waals surface area contributed by atoms with E-state index in [1.807, 2.05) is 0 Å². The van der Waals surface area contributed by atoms with E-state index in [2.05, 4.69) is 4.74 Å². The SMILES string of the molecule is COc1ccc(S(=O)(=O)N2C(=O)C(c3ccccc3F)(N3C[C@H](O)C[C@H]3C(=O)N(C)C)c3cc(Cl)ccc32)c(OC(F)(F)F)c1. The van der Waals surface area contributed by atoms with Crippen LogP contribution >= 0.6 is 11.6 Å². The molecule has 0 spiro atoms. The van der Waals surface area contributed by atoms with Crippen molar-refractivity contribution in [2.75, 3.05) is 32.1 Å². The molecule has 0 bridgehead atoms. The zero-order valence-electron chi connectivity index (χ0n) is 23.9. The lowest BCUT2D eigenvalue weighted by molar-refractivity contribution is -0.275. The van der Waals surface area contributed by atoms with E-state index in [0.717, 1.165) is 31.4 Å². The molecule has 1 unspecified atom stereocenters. The lowest BCUT2D eigenvalue weighted by atomic mass is 9.81. The van der Waals surface area contributed by atoms with E-state index in [1.54, 1.807) is 0 Å². The Kier molecular flexibility index (Phi) is 8.27. The predicted octanol–water partition coefficient (Wildman–Crippen LogP) is 3.89. The minimum atomic E-state index is -5.33. The number of halogens is 5. The zero-order valence-corrected chi connectivity index (χ0v) is 25.5. The van der Waals surface area contributed by atoms with E-state index < -0.39 is 62.3 Å². The van der Waals surface area contributed by atoms with Gasteiger partial charge in [0.15, 0.2) is 11.3 Å². The van der Waals surface area contributed by atoms with Crippen molar-refractivity contribution in [3.8, 4) is 11.5 Å². The molecule has 16 heteroatoms. The zero-order chi connectivity index (χ0) is 33.1. The van der Waals surface area contributed by atoms with E-state index in [1.165, 1.54) is 54.2 Å². The van der Waals surface area contributed by atoms with Crippen molar-refractivity contribution >= 4 is 39.1 Å². The van der Waals surface area contributed by atoms with Crippen LogP contribution in [0.25, 0.3) is 0 Å². The number of likely N-dealkylation sites (N-methyl/N-ethyl adjacent to an activating group) is 1. The molecule has 45 heavy (non-hydrogen) atoms. The third-order valence-corrected chi connectivity index (χ3v) is 9.63. The van der Waals surface area contributed by atoms with E-state index in [4.69, 9.17) is 16.3 Å². The molecule has 0 radical (unpaired) electrons. The topological polar surface area (TPSA) is 117 Å². The molecule has 5 rings (SSSR count). The largest absolute Gasteiger partial charge is 0.573 e. The number of rotatable bonds is 7. The summed E-state index contributed by atoms with van der Waals surface area (Å²) in [6.45, 7) is -0.380. The Balaban J connectivity index is 1.84. The van der Waals surface area contributed by atoms with Gasteiger partial charge < -0.3 is 19.5 Å². The first-order valence-corrected chi connectivity index (χ1v) is 15.1. The van der Waals surface area contributed by atoms with Crippen LogP contribution in [0.2, 0.25) is 5.02 Å². The van der Waals surface area contributed by atoms with Gasteiger partial charge in [0.25, 0.3) is 15.9 Å². The average molecular weight is 672 g/mol. The fraction of sp³-hybridized carbons (Fsp3) is 0.310. The summed E-state index contributed by atoms with van der Waals surface area (Å²) in [6, 6.07) is 9.87. The summed E-state index contributed by atoms with van der Waals surface area (Å²) in [5, 5.41) is 10.8. The van der Waals surface area contributed by atoms with E-state index in [-0.39, 0.29) is 44.9 Å². The molecular weight excluding hydrogens is 646 g/mol. The molecule has 2 heterocycles. The Labute approximate surface area is 260 Å². The van der Waals surface area contributed by atoms with Gasteiger partial charge in [-0.05, 0) is 42.8 Å². The third-order valence-electron chi connectivity index (χ3n) is 7.66. The van der Waals surface area contributed by atoms with Crippen molar-refractivity contribution in [3.63, 3.8) is 0 Å². The molecule has 0 saturated carbocycles. The van der Waals surface area contributed by atoms with Crippen LogP contribution in [-0.4, -0.2) is 81.4 Å². The van der Waals surface area contributed by atoms with Crippen molar-refractivity contribution < 1.29 is 50.1 Å². The molecule has 2 aliphatic heterocycles. The first-order valence-electron chi connectivity index (χ1n) is 13.3. The summed E-state index contributed by atoms with van der Waals surface area (Å²) in [5.41, 5.74) is -3.34. The number of hydrogen-bond donors (Lipinski definition) is 1. The van der Waals surface area contributed by atoms with Crippen LogP contribution in [0.4, 0.5) is 23.2 Å². The first kappa shape index (κ1) is 32.5. The number of aliphatic hydroxyl groups is 1. The van der Waals surface area contributed by atoms with E-state index >= 15 is 4.39 Å². The van der Waals surface area contributed by atoms with Gasteiger partial charge in [0.05, 0.1) is 24.9 Å². The summed E-state index contributed by atoms with van der Waals surface area (Å²) < 4.78 is 94.1. The van der Waals surface area contributed by atoms with Crippen LogP contribution in [0, 0.1) is 5.82 Å². The Morgan fingerprint density at radius 2 is 1.78 bits per heavy atom. The number of β-amino-alcohol motifs (C(OH)–C–C–N with tert-alkyl or cyclic N) is 1. The number of ether oxygens (including phenoxy) is 2. The number of anilines is 1. The molecule has 0 aliphatic carbocycles. The smallest absolute Gasteiger partial charge is 0.497 e. The average Bonchev–Trinajstić information content (AvgIpc) is 3.46. The number of alkyl halides is 3. The highest BCUT2D eigenvalue weighted by molar-refractivity contribution is 7.93. The number of likely N-dealkylation sites (tertiary alicyclic amines) is 1. The second-order valence-corrected chi connectivity index (χ2v) is 12.8. The van der Waals surface area contributed by atoms with Crippen LogP contribution in [0.15, 0.2) is 65.6 Å². The fourth-order valence-electron chi connectivity index (χ4n) is 5.88. The minimum absolute atomic E-state index is 0.00212. The molecule has 240 valence electrons. The van der Waals surface area contributed by atoms with Crippen LogP contribution in [0.5, 0.6) is 11.5 Å². The second kappa shape index (κ2) is 11.5. The molecule has 3 aromatic carbocycles. The quantitative estimate of drug-likeness (QED) is 0.377. The van der Waals surface area contributed by atoms with Gasteiger partial charge in [0.1, 0.15) is 16.5 Å². The standard InChI is InChI=1S/C29H26ClF4N3O7S/c1-35(2)26(39)23-13-17(38)15-36(23)28(19-6-4-5-7-21(19)31)20-12-16(30)8-10-22(20)37(27(28)40)45(41,42)25-11-9-18(43-3)14-24(25)44-29(32,33)34/h4-12,14,17,23,38H,13,15H2,1-3H3/t17-,23+,28?/m1/s1. The molecule has 10 nitrogen and oxygen atoms in total. The normalized spacial score (nSPS) is 22.0. The van der Waals surface area contributed by atoms with Crippen molar-refractivity contribution in [2.24, 2.45) is 0 Å². The van der Waals surface area contributed by atoms with Gasteiger partial charge in [0, 0.05) is 42.9 Å². The van der Waals surface area contributed by atoms with Gasteiger partial charge in [-0.15, -0.1) is 13.2 Å². The number of hydrogen-bond acceptors (Lipinski definition) is 8. The van der Waals surface area contributed by atoms with Crippen LogP contribution < -0.4 is 13.8 Å². The molecule has 1 fully saturated rings. The van der Waals surface area contributed by atoms with Crippen molar-refractivity contribution in [2.45, 2.75) is 35.4 Å². The third kappa shape index (κ3) is 5.37. The predicted molar refractivity (Wildman–Crippen MR) is 153 cm³/mol. The van der Waals surface area contributed by atoms with Gasteiger partial charge in [0.2, 0.25) is 5.91 Å². The molecule has 2 aliphatic rings. The Bertz CT molecular complexity index is 1790. The molecule has 2 amide bonds. The van der Waals surface area contributed by atoms with Crippen molar-refractivity contribution in [1.82, 2.24) is 9.80 Å². The molecule has 3 aromatic rings. The van der Waals surface area contributed by atoms with Crippen molar-refractivity contribution in [3.05, 3.63) is 82.6 Å². The highest BCUT2D eigenvalue weighted by atomic mass is 35.5. The number of carbonyl (C=O) groups excluding carboxylic acids is 2. The first-order chi connectivity index (χ1) is 21.0. The van der Waals surface area contributed by atoms with Gasteiger partial charge in [-0.2, -0.15) is 0 Å². The highest BCUT2D eigenvalue weighted by Gasteiger charge is 2.64. The van der Waals surface area contributed by atoms with Gasteiger partial charge in [-0.1, -0.05) is 29.8 Å². The van der Waals surface area contributed by atoms with Crippen LogP contribution in [0.1, 0.15) is 17.5 Å². The van der Waals surface area contributed by atoms with Crippen LogP contribution in [0.3, 0.4) is 0 Å². The molecule has 0 aromatic heterocycles. The summed E-state index contributed by atoms with van der Waals surface area (Å²) in [5.74, 6) is -4.24. The fourth-order valence-corrected chi connectivity index (χ4v) is 7.61. The summed E-state index contributed by atoms with van der Waals surface area (Å²) in [6.07, 6.45) is -6.72. The summed E-state index contributed by atoms with van der Waals surface area (Å²) in [4.78, 5) is 29.7. The number of fused-ring (bicyclic) bond motifs is 1. The van der Waals surface area contributed by atoms with Crippen LogP contribution in [-0.2, 0) is 25.2 Å². The number of benzene rings is 3. The number of amides is 2. The molecular formula is C29H26ClF4N3O7S. The summed E-state index contributed by atoms with van der Waals surface area (Å²) >= 11 is 6.35. The molecule has 1 N–H and O–H groups in total. The summed E-state index contributed by atoms with van der Waals surface area (Å²) in [7, 11) is -1.26. The minimum Gasteiger partial charge on any atom is -0.497 e. The Morgan fingerprint density at radius 1 is 1.09 bits per heavy atom. The van der Waals surface area contributed by atoms with Gasteiger partial charge >= 0.3 is 6.36 Å². The maximum Gasteiger partial charge on any atom is 0.573 e. The van der Waals surface area contributed by atoms with Gasteiger partial charge in [-0.3, -0.25) is 14.5 Å². The molecule has 1 saturated heterocycles. The Hall–Kier alpha value is -3.92. The van der Waals surface area contributed by atoms with Gasteiger partial charge in [-0.25, -0.2) is 17.1 Å². The maximum absolute atomic E-state index is 15.9. The number of methoxy groups -OCH3 is 1.